The summed E-state index contributed by atoms with van der Waals surface area (Å²) < 4.78 is 5.23. The first-order chi connectivity index (χ1) is 8.80. The number of anilines is 1. The number of hydrogen-bond acceptors (Lipinski definition) is 5. The Morgan fingerprint density at radius 3 is 2.56 bits per heavy atom. The number of hydrogen-bond donors (Lipinski definition) is 1. The van der Waals surface area contributed by atoms with Crippen LogP contribution in [0.3, 0.4) is 0 Å². The van der Waals surface area contributed by atoms with Crippen LogP contribution in [0, 0.1) is 0 Å². The van der Waals surface area contributed by atoms with Gasteiger partial charge in [-0.05, 0) is 26.8 Å². The van der Waals surface area contributed by atoms with E-state index in [9.17, 15) is 0 Å². The Bertz CT molecular complexity index is 404. The molecule has 5 nitrogen and oxygen atoms in total. The zero-order valence-electron chi connectivity index (χ0n) is 11.5. The fourth-order valence-corrected chi connectivity index (χ4v) is 2.38. The molecule has 0 unspecified atom stereocenters. The molecular formula is C13H22N4O. The van der Waals surface area contributed by atoms with Crippen molar-refractivity contribution in [2.24, 2.45) is 0 Å². The summed E-state index contributed by atoms with van der Waals surface area (Å²) in [5.74, 6) is 1.05. The molecule has 1 aromatic rings. The standard InChI is InChI=1S/C13H22N4O/c1-4-17(5-2)12-10-6-8-14-9-7-11(10)15-13(16-12)18-3/h14H,4-9H2,1-3H3. The van der Waals surface area contributed by atoms with Crippen LogP contribution in [0.15, 0.2) is 0 Å². The van der Waals surface area contributed by atoms with Crippen molar-refractivity contribution >= 4 is 5.82 Å². The Balaban J connectivity index is 2.47. The van der Waals surface area contributed by atoms with Crippen molar-refractivity contribution in [3.05, 3.63) is 11.3 Å². The number of fused-ring (bicyclic) bond motifs is 1. The second-order valence-electron chi connectivity index (χ2n) is 4.38. The molecule has 0 saturated heterocycles. The Labute approximate surface area is 109 Å². The first-order valence-corrected chi connectivity index (χ1v) is 6.69. The summed E-state index contributed by atoms with van der Waals surface area (Å²) in [6, 6.07) is 0.484. The molecule has 100 valence electrons. The van der Waals surface area contributed by atoms with Gasteiger partial charge in [0, 0.05) is 31.6 Å². The van der Waals surface area contributed by atoms with Crippen LogP contribution in [0.4, 0.5) is 5.82 Å². The third-order valence-corrected chi connectivity index (χ3v) is 3.39. The predicted molar refractivity (Wildman–Crippen MR) is 72.4 cm³/mol. The Hall–Kier alpha value is -1.36. The van der Waals surface area contributed by atoms with Gasteiger partial charge in [0.25, 0.3) is 0 Å². The summed E-state index contributed by atoms with van der Waals surface area (Å²) in [7, 11) is 1.63. The molecular weight excluding hydrogens is 228 g/mol. The van der Waals surface area contributed by atoms with E-state index in [1.54, 1.807) is 7.11 Å². The molecule has 0 fully saturated rings. The number of aromatic nitrogens is 2. The molecule has 0 spiro atoms. The Morgan fingerprint density at radius 1 is 1.17 bits per heavy atom. The largest absolute Gasteiger partial charge is 0.467 e. The van der Waals surface area contributed by atoms with Gasteiger partial charge < -0.3 is 15.0 Å². The van der Waals surface area contributed by atoms with Gasteiger partial charge in [-0.15, -0.1) is 0 Å². The van der Waals surface area contributed by atoms with Crippen LogP contribution in [0.5, 0.6) is 6.01 Å². The van der Waals surface area contributed by atoms with Crippen molar-refractivity contribution in [1.82, 2.24) is 15.3 Å². The zero-order valence-corrected chi connectivity index (χ0v) is 11.5. The van der Waals surface area contributed by atoms with Gasteiger partial charge in [0.15, 0.2) is 0 Å². The molecule has 0 atom stereocenters. The third-order valence-electron chi connectivity index (χ3n) is 3.39. The van der Waals surface area contributed by atoms with E-state index in [2.05, 4.69) is 34.0 Å². The highest BCUT2D eigenvalue weighted by atomic mass is 16.5. The van der Waals surface area contributed by atoms with Crippen molar-refractivity contribution in [3.8, 4) is 6.01 Å². The third kappa shape index (κ3) is 2.56. The van der Waals surface area contributed by atoms with Crippen molar-refractivity contribution in [2.75, 3.05) is 38.2 Å². The van der Waals surface area contributed by atoms with E-state index in [1.165, 1.54) is 5.56 Å². The lowest BCUT2D eigenvalue weighted by atomic mass is 10.1. The van der Waals surface area contributed by atoms with Gasteiger partial charge in [0.2, 0.25) is 0 Å². The second kappa shape index (κ2) is 6.00. The number of rotatable bonds is 4. The SMILES string of the molecule is CCN(CC)c1nc(OC)nc2c1CCNCC2. The number of ether oxygens (including phenoxy) is 1. The minimum atomic E-state index is 0.484. The van der Waals surface area contributed by atoms with Crippen LogP contribution in [-0.4, -0.2) is 43.3 Å². The van der Waals surface area contributed by atoms with Gasteiger partial charge >= 0.3 is 6.01 Å². The summed E-state index contributed by atoms with van der Waals surface area (Å²) in [5, 5.41) is 3.41. The topological polar surface area (TPSA) is 50.3 Å². The number of methoxy groups -OCH3 is 1. The fourth-order valence-electron chi connectivity index (χ4n) is 2.38. The molecule has 1 N–H and O–H groups in total. The summed E-state index contributed by atoms with van der Waals surface area (Å²) in [6.07, 6.45) is 1.94. The quantitative estimate of drug-likeness (QED) is 0.864. The molecule has 1 aromatic heterocycles. The normalized spacial score (nSPS) is 14.8. The molecule has 1 aliphatic heterocycles. The lowest BCUT2D eigenvalue weighted by molar-refractivity contribution is 0.377. The van der Waals surface area contributed by atoms with Crippen molar-refractivity contribution in [1.29, 1.82) is 0 Å². The highest BCUT2D eigenvalue weighted by molar-refractivity contribution is 5.50. The first-order valence-electron chi connectivity index (χ1n) is 6.69. The minimum Gasteiger partial charge on any atom is -0.467 e. The van der Waals surface area contributed by atoms with Crippen LogP contribution in [0.25, 0.3) is 0 Å². The second-order valence-corrected chi connectivity index (χ2v) is 4.38. The smallest absolute Gasteiger partial charge is 0.318 e. The maximum absolute atomic E-state index is 5.23. The van der Waals surface area contributed by atoms with Gasteiger partial charge in [-0.2, -0.15) is 9.97 Å². The average Bonchev–Trinajstić information content (AvgIpc) is 2.64. The van der Waals surface area contributed by atoms with Crippen LogP contribution < -0.4 is 15.0 Å². The predicted octanol–water partition coefficient (Wildman–Crippen LogP) is 1.02. The Morgan fingerprint density at radius 2 is 1.89 bits per heavy atom. The minimum absolute atomic E-state index is 0.484. The molecule has 18 heavy (non-hydrogen) atoms. The zero-order chi connectivity index (χ0) is 13.0. The lowest BCUT2D eigenvalue weighted by Crippen LogP contribution is -2.26. The maximum atomic E-state index is 5.23. The van der Waals surface area contributed by atoms with E-state index in [0.29, 0.717) is 6.01 Å². The molecule has 2 rings (SSSR count). The monoisotopic (exact) mass is 250 g/mol. The first kappa shape index (κ1) is 13.1. The lowest BCUT2D eigenvalue weighted by Gasteiger charge is -2.23. The van der Waals surface area contributed by atoms with E-state index in [0.717, 1.165) is 50.5 Å². The molecule has 0 amide bonds. The van der Waals surface area contributed by atoms with Gasteiger partial charge in [0.1, 0.15) is 5.82 Å². The van der Waals surface area contributed by atoms with Gasteiger partial charge in [-0.1, -0.05) is 0 Å². The Kier molecular flexibility index (Phi) is 4.36. The van der Waals surface area contributed by atoms with Crippen molar-refractivity contribution in [2.45, 2.75) is 26.7 Å². The van der Waals surface area contributed by atoms with Crippen LogP contribution in [-0.2, 0) is 12.8 Å². The molecule has 1 aliphatic rings. The fraction of sp³-hybridized carbons (Fsp3) is 0.692. The van der Waals surface area contributed by atoms with Gasteiger partial charge in [-0.25, -0.2) is 0 Å². The highest BCUT2D eigenvalue weighted by Gasteiger charge is 2.19. The maximum Gasteiger partial charge on any atom is 0.318 e. The molecule has 5 heteroatoms. The number of nitrogens with zero attached hydrogens (tertiary/aromatic N) is 3. The van der Waals surface area contributed by atoms with Crippen LogP contribution in [0.1, 0.15) is 25.1 Å². The van der Waals surface area contributed by atoms with Crippen molar-refractivity contribution < 1.29 is 4.74 Å². The molecule has 0 radical (unpaired) electrons. The van der Waals surface area contributed by atoms with E-state index < -0.39 is 0 Å². The van der Waals surface area contributed by atoms with Crippen molar-refractivity contribution in [3.63, 3.8) is 0 Å². The summed E-state index contributed by atoms with van der Waals surface area (Å²) in [6.45, 7) is 8.19. The molecule has 0 aromatic carbocycles. The van der Waals surface area contributed by atoms with E-state index in [4.69, 9.17) is 4.74 Å². The molecule has 0 aliphatic carbocycles. The molecule has 0 bridgehead atoms. The average molecular weight is 250 g/mol. The van der Waals surface area contributed by atoms with E-state index in [1.807, 2.05) is 0 Å². The molecule has 2 heterocycles. The summed E-state index contributed by atoms with van der Waals surface area (Å²) >= 11 is 0. The molecule has 0 saturated carbocycles. The van der Waals surface area contributed by atoms with Gasteiger partial charge in [-0.3, -0.25) is 0 Å². The highest BCUT2D eigenvalue weighted by Crippen LogP contribution is 2.25. The summed E-state index contributed by atoms with van der Waals surface area (Å²) in [5.41, 5.74) is 2.42. The number of nitrogens with one attached hydrogen (secondary N) is 1. The van der Waals surface area contributed by atoms with Crippen LogP contribution in [0.2, 0.25) is 0 Å². The van der Waals surface area contributed by atoms with Gasteiger partial charge in [0.05, 0.1) is 12.8 Å². The van der Waals surface area contributed by atoms with Crippen LogP contribution >= 0.6 is 0 Å². The van der Waals surface area contributed by atoms with E-state index >= 15 is 0 Å². The van der Waals surface area contributed by atoms with E-state index in [-0.39, 0.29) is 0 Å². The summed E-state index contributed by atoms with van der Waals surface area (Å²) in [4.78, 5) is 11.3.